The summed E-state index contributed by atoms with van der Waals surface area (Å²) in [7, 11) is 0. The lowest BCUT2D eigenvalue weighted by atomic mass is 10.1. The molecule has 0 aromatic rings. The summed E-state index contributed by atoms with van der Waals surface area (Å²) in [4.78, 5) is 14.3. The van der Waals surface area contributed by atoms with Gasteiger partial charge in [-0.2, -0.15) is 0 Å². The molecule has 104 valence electrons. The van der Waals surface area contributed by atoms with Crippen molar-refractivity contribution in [3.05, 3.63) is 0 Å². The average Bonchev–Trinajstić information content (AvgIpc) is 3.16. The number of carbonyl (C=O) groups excluding carboxylic acids is 1. The third-order valence-corrected chi connectivity index (χ3v) is 3.97. The van der Waals surface area contributed by atoms with Crippen molar-refractivity contribution in [3.63, 3.8) is 0 Å². The molecule has 1 amide bonds. The number of amides is 1. The Labute approximate surface area is 110 Å². The van der Waals surface area contributed by atoms with Crippen LogP contribution in [0.5, 0.6) is 0 Å². The molecule has 0 aromatic carbocycles. The molecule has 2 N–H and O–H groups in total. The zero-order valence-corrected chi connectivity index (χ0v) is 11.6. The lowest BCUT2D eigenvalue weighted by Gasteiger charge is -2.22. The summed E-state index contributed by atoms with van der Waals surface area (Å²) in [5.74, 6) is 1.10. The van der Waals surface area contributed by atoms with Crippen LogP contribution in [0.15, 0.2) is 0 Å². The Balaban J connectivity index is 1.68. The van der Waals surface area contributed by atoms with Crippen LogP contribution >= 0.6 is 0 Å². The molecule has 4 heteroatoms. The van der Waals surface area contributed by atoms with Gasteiger partial charge in [-0.15, -0.1) is 0 Å². The number of nitrogens with one attached hydrogen (secondary N) is 2. The van der Waals surface area contributed by atoms with Gasteiger partial charge in [-0.05, 0) is 38.3 Å². The molecule has 0 aromatic heterocycles. The molecular formula is C14H27N3O. The summed E-state index contributed by atoms with van der Waals surface area (Å²) in [6.45, 7) is 6.86. The SMILES string of the molecule is CCC(CC1CC1)NC(=O)CN1CCCNCC1. The predicted octanol–water partition coefficient (Wildman–Crippen LogP) is 0.977. The van der Waals surface area contributed by atoms with Crippen LogP contribution in [0.1, 0.15) is 39.0 Å². The van der Waals surface area contributed by atoms with Crippen molar-refractivity contribution in [1.29, 1.82) is 0 Å². The molecule has 2 fully saturated rings. The standard InChI is InChI=1S/C14H27N3O/c1-2-13(10-12-4-5-12)16-14(18)11-17-8-3-6-15-7-9-17/h12-13,15H,2-11H2,1H3,(H,16,18). The number of nitrogens with zero attached hydrogens (tertiary/aromatic N) is 1. The molecule has 1 heterocycles. The summed E-state index contributed by atoms with van der Waals surface area (Å²) in [6, 6.07) is 0.398. The second-order valence-corrected chi connectivity index (χ2v) is 5.73. The Hall–Kier alpha value is -0.610. The molecule has 2 rings (SSSR count). The van der Waals surface area contributed by atoms with E-state index < -0.39 is 0 Å². The molecule has 1 atom stereocenters. The third kappa shape index (κ3) is 4.94. The Morgan fingerprint density at radius 2 is 2.22 bits per heavy atom. The minimum absolute atomic E-state index is 0.212. The van der Waals surface area contributed by atoms with Gasteiger partial charge >= 0.3 is 0 Å². The highest BCUT2D eigenvalue weighted by Gasteiger charge is 2.25. The number of rotatable bonds is 6. The quantitative estimate of drug-likeness (QED) is 0.741. The Morgan fingerprint density at radius 1 is 1.39 bits per heavy atom. The van der Waals surface area contributed by atoms with Crippen LogP contribution < -0.4 is 10.6 Å². The van der Waals surface area contributed by atoms with E-state index in [9.17, 15) is 4.79 Å². The van der Waals surface area contributed by atoms with Crippen LogP contribution in [0.25, 0.3) is 0 Å². The van der Waals surface area contributed by atoms with Crippen LogP contribution in [0.2, 0.25) is 0 Å². The van der Waals surface area contributed by atoms with Crippen LogP contribution in [-0.4, -0.2) is 49.6 Å². The van der Waals surface area contributed by atoms with E-state index in [2.05, 4.69) is 22.5 Å². The molecule has 1 aliphatic heterocycles. The molecular weight excluding hydrogens is 226 g/mol. The van der Waals surface area contributed by atoms with E-state index in [1.54, 1.807) is 0 Å². The van der Waals surface area contributed by atoms with E-state index >= 15 is 0 Å². The van der Waals surface area contributed by atoms with Crippen LogP contribution in [-0.2, 0) is 4.79 Å². The highest BCUT2D eigenvalue weighted by atomic mass is 16.2. The van der Waals surface area contributed by atoms with Gasteiger partial charge in [0.15, 0.2) is 0 Å². The monoisotopic (exact) mass is 253 g/mol. The van der Waals surface area contributed by atoms with Gasteiger partial charge < -0.3 is 10.6 Å². The number of hydrogen-bond donors (Lipinski definition) is 2. The molecule has 1 aliphatic carbocycles. The number of hydrogen-bond acceptors (Lipinski definition) is 3. The normalized spacial score (nSPS) is 23.4. The van der Waals surface area contributed by atoms with Crippen LogP contribution in [0, 0.1) is 5.92 Å². The first-order valence-corrected chi connectivity index (χ1v) is 7.50. The zero-order chi connectivity index (χ0) is 12.8. The van der Waals surface area contributed by atoms with E-state index in [1.165, 1.54) is 19.3 Å². The van der Waals surface area contributed by atoms with Gasteiger partial charge in [-0.3, -0.25) is 9.69 Å². The average molecular weight is 253 g/mol. The highest BCUT2D eigenvalue weighted by molar-refractivity contribution is 5.78. The van der Waals surface area contributed by atoms with E-state index in [1.807, 2.05) is 0 Å². The van der Waals surface area contributed by atoms with Gasteiger partial charge in [0.05, 0.1) is 6.54 Å². The molecule has 0 radical (unpaired) electrons. The van der Waals surface area contributed by atoms with Crippen LogP contribution in [0.3, 0.4) is 0 Å². The van der Waals surface area contributed by atoms with Gasteiger partial charge in [0, 0.05) is 19.1 Å². The van der Waals surface area contributed by atoms with E-state index in [0.29, 0.717) is 12.6 Å². The maximum Gasteiger partial charge on any atom is 0.234 e. The second-order valence-electron chi connectivity index (χ2n) is 5.73. The minimum atomic E-state index is 0.212. The van der Waals surface area contributed by atoms with E-state index in [4.69, 9.17) is 0 Å². The summed E-state index contributed by atoms with van der Waals surface area (Å²) in [5.41, 5.74) is 0. The van der Waals surface area contributed by atoms with Crippen LogP contribution in [0.4, 0.5) is 0 Å². The first-order chi connectivity index (χ1) is 8.78. The largest absolute Gasteiger partial charge is 0.352 e. The van der Waals surface area contributed by atoms with Gasteiger partial charge in [0.25, 0.3) is 0 Å². The maximum atomic E-state index is 12.0. The molecule has 0 spiro atoms. The first-order valence-electron chi connectivity index (χ1n) is 7.50. The van der Waals surface area contributed by atoms with Gasteiger partial charge in [-0.1, -0.05) is 19.8 Å². The van der Waals surface area contributed by atoms with Crippen molar-refractivity contribution in [2.45, 2.75) is 45.1 Å². The Bertz CT molecular complexity index is 252. The fraction of sp³-hybridized carbons (Fsp3) is 0.929. The zero-order valence-electron chi connectivity index (χ0n) is 11.6. The van der Waals surface area contributed by atoms with Crippen molar-refractivity contribution in [3.8, 4) is 0 Å². The molecule has 0 bridgehead atoms. The Morgan fingerprint density at radius 3 is 2.94 bits per heavy atom. The first kappa shape index (κ1) is 13.8. The molecule has 1 unspecified atom stereocenters. The van der Waals surface area contributed by atoms with E-state index in [-0.39, 0.29) is 5.91 Å². The molecule has 18 heavy (non-hydrogen) atoms. The second kappa shape index (κ2) is 7.10. The fourth-order valence-electron chi connectivity index (χ4n) is 2.62. The lowest BCUT2D eigenvalue weighted by Crippen LogP contribution is -2.43. The van der Waals surface area contributed by atoms with Crippen molar-refractivity contribution in [1.82, 2.24) is 15.5 Å². The number of carbonyl (C=O) groups is 1. The maximum absolute atomic E-state index is 12.0. The summed E-state index contributed by atoms with van der Waals surface area (Å²) in [5, 5.41) is 6.57. The minimum Gasteiger partial charge on any atom is -0.352 e. The summed E-state index contributed by atoms with van der Waals surface area (Å²) < 4.78 is 0. The third-order valence-electron chi connectivity index (χ3n) is 3.97. The lowest BCUT2D eigenvalue weighted by molar-refractivity contribution is -0.123. The molecule has 2 aliphatic rings. The van der Waals surface area contributed by atoms with Crippen molar-refractivity contribution < 1.29 is 4.79 Å². The predicted molar refractivity (Wildman–Crippen MR) is 73.5 cm³/mol. The van der Waals surface area contributed by atoms with Crippen molar-refractivity contribution >= 4 is 5.91 Å². The van der Waals surface area contributed by atoms with Gasteiger partial charge in [-0.25, -0.2) is 0 Å². The molecule has 1 saturated heterocycles. The topological polar surface area (TPSA) is 44.4 Å². The van der Waals surface area contributed by atoms with E-state index in [0.717, 1.165) is 44.9 Å². The summed E-state index contributed by atoms with van der Waals surface area (Å²) in [6.07, 6.45) is 6.12. The van der Waals surface area contributed by atoms with Crippen molar-refractivity contribution in [2.75, 3.05) is 32.7 Å². The van der Waals surface area contributed by atoms with Gasteiger partial charge in [0.1, 0.15) is 0 Å². The Kier molecular flexibility index (Phi) is 5.45. The summed E-state index contributed by atoms with van der Waals surface area (Å²) >= 11 is 0. The smallest absolute Gasteiger partial charge is 0.234 e. The molecule has 4 nitrogen and oxygen atoms in total. The van der Waals surface area contributed by atoms with Crippen molar-refractivity contribution in [2.24, 2.45) is 5.92 Å². The fourth-order valence-corrected chi connectivity index (χ4v) is 2.62. The highest BCUT2D eigenvalue weighted by Crippen LogP contribution is 2.33. The van der Waals surface area contributed by atoms with Gasteiger partial charge in [0.2, 0.25) is 5.91 Å². The molecule has 1 saturated carbocycles.